The first-order valence-electron chi connectivity index (χ1n) is 6.95. The van der Waals surface area contributed by atoms with E-state index in [0.29, 0.717) is 22.3 Å². The molecule has 0 fully saturated rings. The minimum Gasteiger partial charge on any atom is -0.322 e. The monoisotopic (exact) mass is 373 g/mol. The molecule has 1 heterocycles. The number of benzene rings is 2. The van der Waals surface area contributed by atoms with Crippen LogP contribution < -0.4 is 5.32 Å². The molecule has 6 heteroatoms. The number of carbonyl (C=O) groups excluding carboxylic acids is 1. The molecule has 1 aromatic heterocycles. The summed E-state index contributed by atoms with van der Waals surface area (Å²) in [5, 5.41) is 7.04. The lowest BCUT2D eigenvalue weighted by Crippen LogP contribution is -2.15. The van der Waals surface area contributed by atoms with Crippen molar-refractivity contribution in [3.8, 4) is 0 Å². The number of nitrogens with one attached hydrogen (secondary N) is 1. The highest BCUT2D eigenvalue weighted by Gasteiger charge is 2.13. The highest BCUT2D eigenvalue weighted by molar-refractivity contribution is 9.10. The van der Waals surface area contributed by atoms with Crippen molar-refractivity contribution < 1.29 is 9.18 Å². The van der Waals surface area contributed by atoms with Gasteiger partial charge in [0.15, 0.2) is 0 Å². The van der Waals surface area contributed by atoms with E-state index in [-0.39, 0.29) is 5.91 Å². The fourth-order valence-corrected chi connectivity index (χ4v) is 2.74. The van der Waals surface area contributed by atoms with Gasteiger partial charge < -0.3 is 5.32 Å². The van der Waals surface area contributed by atoms with Crippen molar-refractivity contribution >= 4 is 27.5 Å². The lowest BCUT2D eigenvalue weighted by atomic mass is 10.1. The summed E-state index contributed by atoms with van der Waals surface area (Å²) < 4.78 is 15.3. The number of amides is 1. The van der Waals surface area contributed by atoms with Crippen LogP contribution in [-0.2, 0) is 6.54 Å². The van der Waals surface area contributed by atoms with Gasteiger partial charge in [-0.05, 0) is 51.8 Å². The van der Waals surface area contributed by atoms with E-state index in [2.05, 4.69) is 26.3 Å². The quantitative estimate of drug-likeness (QED) is 0.748. The van der Waals surface area contributed by atoms with E-state index in [9.17, 15) is 9.18 Å². The van der Waals surface area contributed by atoms with E-state index < -0.39 is 5.82 Å². The van der Waals surface area contributed by atoms with Gasteiger partial charge in [-0.15, -0.1) is 0 Å². The predicted molar refractivity (Wildman–Crippen MR) is 89.8 cm³/mol. The maximum Gasteiger partial charge on any atom is 0.256 e. The van der Waals surface area contributed by atoms with E-state index in [4.69, 9.17) is 0 Å². The Bertz CT molecular complexity index is 834. The third-order valence-electron chi connectivity index (χ3n) is 3.33. The van der Waals surface area contributed by atoms with Crippen molar-refractivity contribution in [2.45, 2.75) is 6.54 Å². The van der Waals surface area contributed by atoms with Gasteiger partial charge in [0.25, 0.3) is 5.91 Å². The van der Waals surface area contributed by atoms with Crippen LogP contribution in [-0.4, -0.2) is 15.7 Å². The molecule has 0 aliphatic rings. The predicted octanol–water partition coefficient (Wildman–Crippen LogP) is 4.09. The maximum absolute atomic E-state index is 13.1. The second-order valence-electron chi connectivity index (χ2n) is 4.94. The molecule has 1 amide bonds. The molecule has 4 nitrogen and oxygen atoms in total. The van der Waals surface area contributed by atoms with Crippen molar-refractivity contribution in [1.82, 2.24) is 9.78 Å². The molecule has 0 atom stereocenters. The lowest BCUT2D eigenvalue weighted by molar-refractivity contribution is 0.102. The highest BCUT2D eigenvalue weighted by Crippen LogP contribution is 2.21. The van der Waals surface area contributed by atoms with Crippen LogP contribution in [0.5, 0.6) is 0 Å². The normalized spacial score (nSPS) is 10.5. The standard InChI is InChI=1S/C17H13BrFN3O/c18-15-10-13(19)6-7-14(15)17(23)21-16-5-2-1-4-12(16)11-22-9-3-8-20-22/h1-10H,11H2,(H,21,23). The van der Waals surface area contributed by atoms with Crippen LogP contribution in [0.4, 0.5) is 10.1 Å². The van der Waals surface area contributed by atoms with Gasteiger partial charge in [-0.2, -0.15) is 5.10 Å². The van der Waals surface area contributed by atoms with Crippen LogP contribution in [0.2, 0.25) is 0 Å². The molecular formula is C17H13BrFN3O. The van der Waals surface area contributed by atoms with E-state index in [1.165, 1.54) is 18.2 Å². The third kappa shape index (κ3) is 3.65. The molecule has 0 saturated heterocycles. The number of hydrogen-bond donors (Lipinski definition) is 1. The zero-order valence-corrected chi connectivity index (χ0v) is 13.6. The molecule has 0 spiro atoms. The topological polar surface area (TPSA) is 46.9 Å². The van der Waals surface area contributed by atoms with Crippen molar-refractivity contribution in [3.63, 3.8) is 0 Å². The molecule has 3 rings (SSSR count). The zero-order chi connectivity index (χ0) is 16.2. The van der Waals surface area contributed by atoms with Crippen molar-refractivity contribution in [3.05, 3.63) is 82.3 Å². The number of rotatable bonds is 4. The Labute approximate surface area is 141 Å². The fourth-order valence-electron chi connectivity index (χ4n) is 2.21. The van der Waals surface area contributed by atoms with Gasteiger partial charge in [0.1, 0.15) is 5.82 Å². The van der Waals surface area contributed by atoms with E-state index >= 15 is 0 Å². The minimum absolute atomic E-state index is 0.301. The molecule has 0 bridgehead atoms. The largest absolute Gasteiger partial charge is 0.322 e. The molecule has 0 unspecified atom stereocenters. The molecule has 0 aliphatic carbocycles. The van der Waals surface area contributed by atoms with Crippen molar-refractivity contribution in [1.29, 1.82) is 0 Å². The van der Waals surface area contributed by atoms with Gasteiger partial charge >= 0.3 is 0 Å². The molecule has 116 valence electrons. The van der Waals surface area contributed by atoms with Gasteiger partial charge in [0.2, 0.25) is 0 Å². The SMILES string of the molecule is O=C(Nc1ccccc1Cn1cccn1)c1ccc(F)cc1Br. The lowest BCUT2D eigenvalue weighted by Gasteiger charge is -2.12. The Morgan fingerprint density at radius 1 is 1.22 bits per heavy atom. The van der Waals surface area contributed by atoms with Gasteiger partial charge in [0, 0.05) is 22.6 Å². The first-order valence-corrected chi connectivity index (χ1v) is 7.74. The number of halogens is 2. The number of anilines is 1. The summed E-state index contributed by atoms with van der Waals surface area (Å²) in [4.78, 5) is 12.4. The van der Waals surface area contributed by atoms with Crippen molar-refractivity contribution in [2.24, 2.45) is 0 Å². The highest BCUT2D eigenvalue weighted by atomic mass is 79.9. The van der Waals surface area contributed by atoms with E-state index in [1.807, 2.05) is 36.5 Å². The van der Waals surface area contributed by atoms with Crippen LogP contribution in [0.3, 0.4) is 0 Å². The van der Waals surface area contributed by atoms with Crippen LogP contribution >= 0.6 is 15.9 Å². The summed E-state index contributed by atoms with van der Waals surface area (Å²) in [5.41, 5.74) is 2.01. The second kappa shape index (κ2) is 6.75. The molecule has 0 aliphatic heterocycles. The summed E-state index contributed by atoms with van der Waals surface area (Å²) in [5.74, 6) is -0.697. The Morgan fingerprint density at radius 2 is 2.04 bits per heavy atom. The summed E-state index contributed by atoms with van der Waals surface area (Å²) >= 11 is 3.21. The number of nitrogens with zero attached hydrogens (tertiary/aromatic N) is 2. The van der Waals surface area contributed by atoms with Crippen LogP contribution in [0.1, 0.15) is 15.9 Å². The number of carbonyl (C=O) groups is 1. The first kappa shape index (κ1) is 15.4. The van der Waals surface area contributed by atoms with E-state index in [0.717, 1.165) is 5.56 Å². The number of hydrogen-bond acceptors (Lipinski definition) is 2. The van der Waals surface area contributed by atoms with E-state index in [1.54, 1.807) is 10.9 Å². The average Bonchev–Trinajstić information content (AvgIpc) is 3.02. The Kier molecular flexibility index (Phi) is 4.52. The molecule has 2 aromatic carbocycles. The van der Waals surface area contributed by atoms with Gasteiger partial charge in [-0.3, -0.25) is 9.48 Å². The molecule has 1 N–H and O–H groups in total. The Hall–Kier alpha value is -2.47. The Balaban J connectivity index is 1.83. The third-order valence-corrected chi connectivity index (χ3v) is 3.99. The van der Waals surface area contributed by atoms with Gasteiger partial charge in [-0.1, -0.05) is 18.2 Å². The fraction of sp³-hybridized carbons (Fsp3) is 0.0588. The summed E-state index contributed by atoms with van der Waals surface area (Å²) in [6.07, 6.45) is 3.56. The van der Waals surface area contributed by atoms with Crippen LogP contribution in [0.25, 0.3) is 0 Å². The summed E-state index contributed by atoms with van der Waals surface area (Å²) in [6, 6.07) is 13.3. The van der Waals surface area contributed by atoms with Gasteiger partial charge in [-0.25, -0.2) is 4.39 Å². The average molecular weight is 374 g/mol. The van der Waals surface area contributed by atoms with Crippen LogP contribution in [0.15, 0.2) is 65.4 Å². The zero-order valence-electron chi connectivity index (χ0n) is 12.0. The molecular weight excluding hydrogens is 361 g/mol. The molecule has 23 heavy (non-hydrogen) atoms. The van der Waals surface area contributed by atoms with Crippen molar-refractivity contribution in [2.75, 3.05) is 5.32 Å². The summed E-state index contributed by atoms with van der Waals surface area (Å²) in [7, 11) is 0. The smallest absolute Gasteiger partial charge is 0.256 e. The summed E-state index contributed by atoms with van der Waals surface area (Å²) in [6.45, 7) is 0.550. The Morgan fingerprint density at radius 3 is 2.78 bits per heavy atom. The number of para-hydroxylation sites is 1. The maximum atomic E-state index is 13.1. The molecule has 3 aromatic rings. The van der Waals surface area contributed by atoms with Gasteiger partial charge in [0.05, 0.1) is 12.1 Å². The first-order chi connectivity index (χ1) is 11.1. The molecule has 0 radical (unpaired) electrons. The number of aromatic nitrogens is 2. The molecule has 0 saturated carbocycles. The second-order valence-corrected chi connectivity index (χ2v) is 5.79. The van der Waals surface area contributed by atoms with Crippen LogP contribution in [0, 0.1) is 5.82 Å². The minimum atomic E-state index is -0.396.